The van der Waals surface area contributed by atoms with Crippen molar-refractivity contribution >= 4 is 23.7 Å². The highest BCUT2D eigenvalue weighted by atomic mass is 32.1. The number of ether oxygens (including phenoxy) is 1. The molecule has 19 heavy (non-hydrogen) atoms. The van der Waals surface area contributed by atoms with E-state index in [1.165, 1.54) is 11.9 Å². The number of hydrogen-bond acceptors (Lipinski definition) is 3. The maximum atomic E-state index is 5.72. The van der Waals surface area contributed by atoms with Crippen LogP contribution in [0.2, 0.25) is 0 Å². The van der Waals surface area contributed by atoms with Gasteiger partial charge in [0.1, 0.15) is 11.6 Å². The molecule has 4 heteroatoms. The van der Waals surface area contributed by atoms with Gasteiger partial charge in [0.05, 0.1) is 17.1 Å². The summed E-state index contributed by atoms with van der Waals surface area (Å²) in [4.78, 5) is 4.66. The van der Waals surface area contributed by atoms with Gasteiger partial charge >= 0.3 is 0 Å². The van der Waals surface area contributed by atoms with E-state index in [0.29, 0.717) is 5.75 Å². The first-order valence-corrected chi connectivity index (χ1v) is 7.55. The number of hydrogen-bond donors (Lipinski definition) is 1. The molecule has 1 aromatic carbocycles. The minimum Gasteiger partial charge on any atom is -0.491 e. The van der Waals surface area contributed by atoms with Crippen molar-refractivity contribution in [2.45, 2.75) is 52.0 Å². The van der Waals surface area contributed by atoms with Crippen LogP contribution in [0.3, 0.4) is 0 Å². The van der Waals surface area contributed by atoms with E-state index in [0.717, 1.165) is 30.1 Å². The highest BCUT2D eigenvalue weighted by Crippen LogP contribution is 2.24. The van der Waals surface area contributed by atoms with E-state index in [2.05, 4.69) is 35.2 Å². The van der Waals surface area contributed by atoms with E-state index >= 15 is 0 Å². The molecule has 0 fully saturated rings. The van der Waals surface area contributed by atoms with Crippen LogP contribution in [0.25, 0.3) is 11.0 Å². The van der Waals surface area contributed by atoms with E-state index in [1.54, 1.807) is 0 Å². The number of benzene rings is 1. The van der Waals surface area contributed by atoms with Crippen LogP contribution in [-0.2, 0) is 12.3 Å². The smallest absolute Gasteiger partial charge is 0.121 e. The number of nitrogens with zero attached hydrogens (tertiary/aromatic N) is 2. The van der Waals surface area contributed by atoms with Crippen LogP contribution in [0, 0.1) is 0 Å². The minimum atomic E-state index is 0.184. The molecule has 0 atom stereocenters. The van der Waals surface area contributed by atoms with E-state index in [-0.39, 0.29) is 6.10 Å². The monoisotopic (exact) mass is 278 g/mol. The Morgan fingerprint density at radius 3 is 2.79 bits per heavy atom. The summed E-state index contributed by atoms with van der Waals surface area (Å²) in [5, 5.41) is 0. The standard InChI is InChI=1S/C15H22N2OS/c1-4-5-8-17-14-7-6-12(18-11(2)3)9-13(14)16-15(17)10-19/h6-7,9,11,19H,4-5,8,10H2,1-3H3. The molecular weight excluding hydrogens is 256 g/mol. The number of fused-ring (bicyclic) bond motifs is 1. The summed E-state index contributed by atoms with van der Waals surface area (Å²) in [6.07, 6.45) is 2.53. The lowest BCUT2D eigenvalue weighted by Gasteiger charge is -2.10. The average molecular weight is 278 g/mol. The second kappa shape index (κ2) is 6.33. The number of aryl methyl sites for hydroxylation is 1. The lowest BCUT2D eigenvalue weighted by atomic mass is 10.2. The molecule has 2 aromatic rings. The van der Waals surface area contributed by atoms with Gasteiger partial charge in [-0.1, -0.05) is 13.3 Å². The number of aromatic nitrogens is 2. The fourth-order valence-electron chi connectivity index (χ4n) is 2.19. The van der Waals surface area contributed by atoms with E-state index < -0.39 is 0 Å². The van der Waals surface area contributed by atoms with Gasteiger partial charge in [-0.05, 0) is 32.4 Å². The molecule has 2 rings (SSSR count). The molecule has 1 aromatic heterocycles. The molecule has 0 aliphatic carbocycles. The van der Waals surface area contributed by atoms with Crippen molar-refractivity contribution in [2.75, 3.05) is 0 Å². The Labute approximate surface area is 120 Å². The normalized spacial score (nSPS) is 11.4. The SMILES string of the molecule is CCCCn1c(CS)nc2cc(OC(C)C)ccc21. The van der Waals surface area contributed by atoms with Crippen molar-refractivity contribution in [2.24, 2.45) is 0 Å². The molecule has 0 saturated carbocycles. The molecule has 0 radical (unpaired) electrons. The summed E-state index contributed by atoms with van der Waals surface area (Å²) in [5.41, 5.74) is 2.17. The topological polar surface area (TPSA) is 27.1 Å². The zero-order valence-corrected chi connectivity index (χ0v) is 12.8. The molecule has 0 unspecified atom stereocenters. The Morgan fingerprint density at radius 1 is 1.37 bits per heavy atom. The summed E-state index contributed by atoms with van der Waals surface area (Å²) in [6.45, 7) is 7.27. The van der Waals surface area contributed by atoms with Crippen LogP contribution in [-0.4, -0.2) is 15.7 Å². The Hall–Kier alpha value is -1.16. The second-order valence-corrected chi connectivity index (χ2v) is 5.32. The predicted octanol–water partition coefficient (Wildman–Crippen LogP) is 4.05. The first kappa shape index (κ1) is 14.3. The Bertz CT molecular complexity index is 548. The van der Waals surface area contributed by atoms with Gasteiger partial charge < -0.3 is 9.30 Å². The molecule has 1 heterocycles. The number of thiol groups is 1. The molecule has 0 spiro atoms. The van der Waals surface area contributed by atoms with Crippen LogP contribution in [0.15, 0.2) is 18.2 Å². The van der Waals surface area contributed by atoms with Crippen molar-refractivity contribution in [1.82, 2.24) is 9.55 Å². The Balaban J connectivity index is 2.39. The maximum Gasteiger partial charge on any atom is 0.121 e. The summed E-state index contributed by atoms with van der Waals surface area (Å²) >= 11 is 4.38. The van der Waals surface area contributed by atoms with Crippen molar-refractivity contribution in [1.29, 1.82) is 0 Å². The van der Waals surface area contributed by atoms with Gasteiger partial charge in [0.15, 0.2) is 0 Å². The molecule has 0 aliphatic rings. The fraction of sp³-hybridized carbons (Fsp3) is 0.533. The molecule has 0 N–H and O–H groups in total. The molecule has 0 amide bonds. The molecule has 0 bridgehead atoms. The van der Waals surface area contributed by atoms with Crippen LogP contribution < -0.4 is 4.74 Å². The van der Waals surface area contributed by atoms with E-state index in [4.69, 9.17) is 4.74 Å². The first-order valence-electron chi connectivity index (χ1n) is 6.92. The van der Waals surface area contributed by atoms with Gasteiger partial charge in [0, 0.05) is 18.4 Å². The number of rotatable bonds is 6. The zero-order chi connectivity index (χ0) is 13.8. The number of imidazole rings is 1. The van der Waals surface area contributed by atoms with Gasteiger partial charge in [-0.25, -0.2) is 4.98 Å². The molecule has 0 saturated heterocycles. The second-order valence-electron chi connectivity index (χ2n) is 5.01. The fourth-order valence-corrected chi connectivity index (χ4v) is 2.43. The van der Waals surface area contributed by atoms with E-state index in [1.807, 2.05) is 26.0 Å². The Kier molecular flexibility index (Phi) is 4.75. The number of unbranched alkanes of at least 4 members (excludes halogenated alkanes) is 1. The van der Waals surface area contributed by atoms with Gasteiger partial charge in [0.2, 0.25) is 0 Å². The van der Waals surface area contributed by atoms with E-state index in [9.17, 15) is 0 Å². The van der Waals surface area contributed by atoms with Gasteiger partial charge in [-0.2, -0.15) is 12.6 Å². The lowest BCUT2D eigenvalue weighted by Crippen LogP contribution is -2.05. The third-order valence-corrected chi connectivity index (χ3v) is 3.33. The zero-order valence-electron chi connectivity index (χ0n) is 11.9. The van der Waals surface area contributed by atoms with Crippen LogP contribution >= 0.6 is 12.6 Å². The Morgan fingerprint density at radius 2 is 2.16 bits per heavy atom. The van der Waals surface area contributed by atoms with Gasteiger partial charge in [-0.15, -0.1) is 0 Å². The summed E-state index contributed by atoms with van der Waals surface area (Å²) in [5.74, 6) is 2.58. The molecule has 104 valence electrons. The van der Waals surface area contributed by atoms with Crippen LogP contribution in [0.1, 0.15) is 39.4 Å². The largest absolute Gasteiger partial charge is 0.491 e. The maximum absolute atomic E-state index is 5.72. The van der Waals surface area contributed by atoms with Crippen LogP contribution in [0.4, 0.5) is 0 Å². The summed E-state index contributed by atoms with van der Waals surface area (Å²) in [6, 6.07) is 6.14. The quantitative estimate of drug-likeness (QED) is 0.807. The molecule has 3 nitrogen and oxygen atoms in total. The van der Waals surface area contributed by atoms with Crippen molar-refractivity contribution in [3.05, 3.63) is 24.0 Å². The third kappa shape index (κ3) is 3.24. The minimum absolute atomic E-state index is 0.184. The van der Waals surface area contributed by atoms with Crippen molar-refractivity contribution in [3.8, 4) is 5.75 Å². The van der Waals surface area contributed by atoms with Crippen molar-refractivity contribution in [3.63, 3.8) is 0 Å². The third-order valence-electron chi connectivity index (χ3n) is 3.05. The van der Waals surface area contributed by atoms with Gasteiger partial charge in [0.25, 0.3) is 0 Å². The average Bonchev–Trinajstić information content (AvgIpc) is 2.72. The van der Waals surface area contributed by atoms with Crippen molar-refractivity contribution < 1.29 is 4.74 Å². The molecule has 0 aliphatic heterocycles. The molecular formula is C15H22N2OS. The summed E-state index contributed by atoms with van der Waals surface area (Å²) in [7, 11) is 0. The predicted molar refractivity (Wildman–Crippen MR) is 83.1 cm³/mol. The van der Waals surface area contributed by atoms with Crippen LogP contribution in [0.5, 0.6) is 5.75 Å². The van der Waals surface area contributed by atoms with Gasteiger partial charge in [-0.3, -0.25) is 0 Å². The highest BCUT2D eigenvalue weighted by molar-refractivity contribution is 7.79. The first-order chi connectivity index (χ1) is 9.15. The lowest BCUT2D eigenvalue weighted by molar-refractivity contribution is 0.242. The summed E-state index contributed by atoms with van der Waals surface area (Å²) < 4.78 is 7.99. The highest BCUT2D eigenvalue weighted by Gasteiger charge is 2.10.